The number of aliphatic hydroxyl groups is 1. The van der Waals surface area contributed by atoms with Crippen LogP contribution in [-0.2, 0) is 21.6 Å². The maximum atomic E-state index is 14.3. The van der Waals surface area contributed by atoms with Crippen molar-refractivity contribution in [3.05, 3.63) is 29.1 Å². The highest BCUT2D eigenvalue weighted by atomic mass is 19.1. The molecule has 1 heterocycles. The molecule has 4 amide bonds. The third-order valence-electron chi connectivity index (χ3n) is 4.25. The first-order chi connectivity index (χ1) is 11.4. The topological polar surface area (TPSA) is 108 Å². The highest BCUT2D eigenvalue weighted by molar-refractivity contribution is 6.04. The van der Waals surface area contributed by atoms with Crippen molar-refractivity contribution in [3.8, 4) is 0 Å². The van der Waals surface area contributed by atoms with Crippen molar-refractivity contribution in [1.29, 1.82) is 0 Å². The highest BCUT2D eigenvalue weighted by Gasteiger charge is 2.58. The summed E-state index contributed by atoms with van der Waals surface area (Å²) in [5, 5.41) is 13.6. The molecule has 128 valence electrons. The van der Waals surface area contributed by atoms with Gasteiger partial charge in [0.05, 0.1) is 18.8 Å². The van der Waals surface area contributed by atoms with E-state index in [9.17, 15) is 18.8 Å². The number of halogens is 1. The highest BCUT2D eigenvalue weighted by Crippen LogP contribution is 2.46. The van der Waals surface area contributed by atoms with Crippen LogP contribution in [0.5, 0.6) is 0 Å². The maximum Gasteiger partial charge on any atom is 0.418 e. The minimum Gasteiger partial charge on any atom is -0.427 e. The van der Waals surface area contributed by atoms with E-state index < -0.39 is 29.4 Å². The van der Waals surface area contributed by atoms with Crippen LogP contribution in [0.15, 0.2) is 12.1 Å². The molecular formula is C15H16FN3O5. The van der Waals surface area contributed by atoms with E-state index in [1.54, 1.807) is 0 Å². The Hall–Kier alpha value is -2.68. The number of nitrogens with zero attached hydrogens (tertiary/aromatic N) is 1. The Morgan fingerprint density at radius 3 is 2.88 bits per heavy atom. The van der Waals surface area contributed by atoms with Crippen molar-refractivity contribution in [3.63, 3.8) is 0 Å². The second-order valence-electron chi connectivity index (χ2n) is 5.57. The number of hydrogen-bond donors (Lipinski definition) is 3. The van der Waals surface area contributed by atoms with Gasteiger partial charge in [-0.05, 0) is 24.1 Å². The fraction of sp³-hybridized carbons (Fsp3) is 0.400. The summed E-state index contributed by atoms with van der Waals surface area (Å²) in [6.45, 7) is -0.555. The van der Waals surface area contributed by atoms with E-state index in [-0.39, 0.29) is 30.8 Å². The van der Waals surface area contributed by atoms with Gasteiger partial charge in [-0.2, -0.15) is 0 Å². The van der Waals surface area contributed by atoms with Crippen LogP contribution >= 0.6 is 0 Å². The molecule has 1 saturated heterocycles. The lowest BCUT2D eigenvalue weighted by molar-refractivity contribution is -0.137. The van der Waals surface area contributed by atoms with Crippen LogP contribution in [0, 0.1) is 5.82 Å². The van der Waals surface area contributed by atoms with Gasteiger partial charge < -0.3 is 20.5 Å². The molecule has 0 radical (unpaired) electrons. The number of anilines is 1. The molecule has 0 unspecified atom stereocenters. The van der Waals surface area contributed by atoms with Crippen molar-refractivity contribution in [1.82, 2.24) is 10.2 Å². The quantitative estimate of drug-likeness (QED) is 0.752. The molecule has 3 N–H and O–H groups in total. The first-order valence-electron chi connectivity index (χ1n) is 7.40. The second-order valence-corrected chi connectivity index (χ2v) is 5.57. The zero-order valence-electron chi connectivity index (χ0n) is 12.9. The summed E-state index contributed by atoms with van der Waals surface area (Å²) >= 11 is 0. The van der Waals surface area contributed by atoms with E-state index >= 15 is 0 Å². The van der Waals surface area contributed by atoms with E-state index in [2.05, 4.69) is 10.6 Å². The van der Waals surface area contributed by atoms with E-state index in [1.807, 2.05) is 0 Å². The van der Waals surface area contributed by atoms with Crippen LogP contribution in [0.2, 0.25) is 0 Å². The van der Waals surface area contributed by atoms with Gasteiger partial charge in [0.15, 0.2) is 0 Å². The number of nitrogens with one attached hydrogen (secondary N) is 2. The number of fused-ring (bicyclic) bond motifs is 2. The third-order valence-corrected chi connectivity index (χ3v) is 4.25. The van der Waals surface area contributed by atoms with Crippen LogP contribution in [0.3, 0.4) is 0 Å². The molecule has 9 heteroatoms. The number of β-amino-alcohol motifs (C(OH)–C–C–N with tert-alkyl or cyclic N) is 1. The Balaban J connectivity index is 1.98. The number of hydrogen-bond acceptors (Lipinski definition) is 5. The molecule has 1 spiro atoms. The normalized spacial score (nSPS) is 21.9. The Bertz CT molecular complexity index is 738. The van der Waals surface area contributed by atoms with Gasteiger partial charge in [0.25, 0.3) is 5.91 Å². The van der Waals surface area contributed by atoms with Crippen molar-refractivity contribution in [2.45, 2.75) is 18.4 Å². The van der Waals surface area contributed by atoms with Gasteiger partial charge in [-0.1, -0.05) is 0 Å². The number of aliphatic hydroxyl groups excluding tert-OH is 1. The van der Waals surface area contributed by atoms with E-state index in [1.165, 1.54) is 13.1 Å². The molecule has 3 rings (SSSR count). The average molecular weight is 337 g/mol. The first-order valence-corrected chi connectivity index (χ1v) is 7.40. The minimum atomic E-state index is -1.55. The molecule has 0 saturated carbocycles. The van der Waals surface area contributed by atoms with Gasteiger partial charge in [-0.3, -0.25) is 4.79 Å². The summed E-state index contributed by atoms with van der Waals surface area (Å²) in [6, 6.07) is 1.98. The molecule has 0 aromatic heterocycles. The molecule has 1 aromatic rings. The summed E-state index contributed by atoms with van der Waals surface area (Å²) in [6.07, 6.45) is -0.267. The minimum absolute atomic E-state index is 0.0193. The van der Waals surface area contributed by atoms with E-state index in [0.29, 0.717) is 12.0 Å². The molecule has 1 aliphatic carbocycles. The summed E-state index contributed by atoms with van der Waals surface area (Å²) in [4.78, 5) is 36.6. The number of aryl methyl sites for hydroxylation is 1. The van der Waals surface area contributed by atoms with Crippen molar-refractivity contribution in [2.24, 2.45) is 0 Å². The number of amides is 4. The number of benzene rings is 1. The summed E-state index contributed by atoms with van der Waals surface area (Å²) < 4.78 is 19.6. The number of rotatable bonds is 3. The Kier molecular flexibility index (Phi) is 3.88. The smallest absolute Gasteiger partial charge is 0.418 e. The van der Waals surface area contributed by atoms with Crippen LogP contribution in [0.1, 0.15) is 17.5 Å². The van der Waals surface area contributed by atoms with Gasteiger partial charge in [0, 0.05) is 19.0 Å². The monoisotopic (exact) mass is 337 g/mol. The number of carbonyl (C=O) groups excluding carboxylic acids is 3. The molecule has 8 nitrogen and oxygen atoms in total. The molecule has 2 aliphatic rings. The molecule has 1 aliphatic heterocycles. The third kappa shape index (κ3) is 2.28. The standard InChI is InChI=1S/C15H16FN3O5/c1-17-13(22)18-11-6-8-2-3-15(9(8)7-10(11)16)12(21)19(4-5-20)14(23)24-15/h6-7,20H,2-5H2,1H3,(H2,17,18,22)/t15-/m1/s1. The van der Waals surface area contributed by atoms with Gasteiger partial charge in [0.2, 0.25) is 5.60 Å². The SMILES string of the molecule is CNC(=O)Nc1cc2c(cc1F)[C@@]1(CC2)OC(=O)N(CCO)C1=O. The lowest BCUT2D eigenvalue weighted by Gasteiger charge is -2.21. The number of imide groups is 1. The molecule has 1 fully saturated rings. The molecular weight excluding hydrogens is 321 g/mol. The lowest BCUT2D eigenvalue weighted by Crippen LogP contribution is -2.38. The summed E-state index contributed by atoms with van der Waals surface area (Å²) in [5.41, 5.74) is -0.668. The van der Waals surface area contributed by atoms with Crippen molar-refractivity contribution < 1.29 is 28.6 Å². The molecule has 24 heavy (non-hydrogen) atoms. The van der Waals surface area contributed by atoms with Crippen LogP contribution < -0.4 is 10.6 Å². The van der Waals surface area contributed by atoms with E-state index in [4.69, 9.17) is 9.84 Å². The summed E-state index contributed by atoms with van der Waals surface area (Å²) in [7, 11) is 1.40. The number of urea groups is 1. The average Bonchev–Trinajstić information content (AvgIpc) is 3.01. The van der Waals surface area contributed by atoms with Crippen LogP contribution in [-0.4, -0.2) is 48.2 Å². The predicted molar refractivity (Wildman–Crippen MR) is 79.8 cm³/mol. The molecule has 1 atom stereocenters. The predicted octanol–water partition coefficient (Wildman–Crippen LogP) is 0.690. The van der Waals surface area contributed by atoms with Gasteiger partial charge in [-0.15, -0.1) is 0 Å². The Labute approximate surface area is 136 Å². The molecule has 1 aromatic carbocycles. The zero-order chi connectivity index (χ0) is 17.5. The fourth-order valence-electron chi connectivity index (χ4n) is 3.10. The lowest BCUT2D eigenvalue weighted by atomic mass is 9.94. The second kappa shape index (κ2) is 5.75. The maximum absolute atomic E-state index is 14.3. The van der Waals surface area contributed by atoms with Crippen LogP contribution in [0.25, 0.3) is 0 Å². The zero-order valence-corrected chi connectivity index (χ0v) is 12.9. The Morgan fingerprint density at radius 2 is 2.21 bits per heavy atom. The van der Waals surface area contributed by atoms with Gasteiger partial charge in [0.1, 0.15) is 5.82 Å². The molecule has 0 bridgehead atoms. The Morgan fingerprint density at radius 1 is 1.46 bits per heavy atom. The first kappa shape index (κ1) is 16.2. The largest absolute Gasteiger partial charge is 0.427 e. The summed E-state index contributed by atoms with van der Waals surface area (Å²) in [5.74, 6) is -1.34. The van der Waals surface area contributed by atoms with Crippen molar-refractivity contribution >= 4 is 23.7 Å². The fourth-order valence-corrected chi connectivity index (χ4v) is 3.10. The van der Waals surface area contributed by atoms with E-state index in [0.717, 1.165) is 11.0 Å². The number of ether oxygens (including phenoxy) is 1. The van der Waals surface area contributed by atoms with Crippen molar-refractivity contribution in [2.75, 3.05) is 25.5 Å². The number of carbonyl (C=O) groups is 3. The van der Waals surface area contributed by atoms with Crippen LogP contribution in [0.4, 0.5) is 19.7 Å². The van der Waals surface area contributed by atoms with Gasteiger partial charge in [-0.25, -0.2) is 18.9 Å². The van der Waals surface area contributed by atoms with Gasteiger partial charge >= 0.3 is 12.1 Å².